The molecule has 0 amide bonds. The number of benzene rings is 2. The molecule has 0 spiro atoms. The Labute approximate surface area is 182 Å². The fraction of sp³-hybridized carbons (Fsp3) is 0.391. The Bertz CT molecular complexity index is 914. The number of hydrogen-bond acceptors (Lipinski definition) is 7. The highest BCUT2D eigenvalue weighted by molar-refractivity contribution is 7.98. The third kappa shape index (κ3) is 5.34. The summed E-state index contributed by atoms with van der Waals surface area (Å²) in [4.78, 5) is 4.74. The van der Waals surface area contributed by atoms with E-state index < -0.39 is 0 Å². The van der Waals surface area contributed by atoms with Crippen LogP contribution >= 0.6 is 11.8 Å². The topological polar surface area (TPSA) is 54.6 Å². The van der Waals surface area contributed by atoms with Gasteiger partial charge in [-0.3, -0.25) is 0 Å². The van der Waals surface area contributed by atoms with Crippen molar-refractivity contribution in [3.05, 3.63) is 60.5 Å². The van der Waals surface area contributed by atoms with Gasteiger partial charge >= 0.3 is 0 Å². The van der Waals surface area contributed by atoms with Gasteiger partial charge in [-0.15, -0.1) is 22.0 Å². The van der Waals surface area contributed by atoms with Gasteiger partial charge in [0.15, 0.2) is 0 Å². The van der Waals surface area contributed by atoms with E-state index in [9.17, 15) is 0 Å². The van der Waals surface area contributed by atoms with Crippen molar-refractivity contribution in [3.8, 4) is 17.2 Å². The molecular weight excluding hydrogens is 396 g/mol. The van der Waals surface area contributed by atoms with Gasteiger partial charge in [0.25, 0.3) is 0 Å². The molecule has 2 aromatic carbocycles. The fourth-order valence-corrected chi connectivity index (χ4v) is 4.17. The van der Waals surface area contributed by atoms with Gasteiger partial charge in [-0.25, -0.2) is 0 Å². The second-order valence-corrected chi connectivity index (χ2v) is 8.72. The first kappa shape index (κ1) is 20.8. The van der Waals surface area contributed by atoms with E-state index in [0.29, 0.717) is 30.2 Å². The van der Waals surface area contributed by atoms with Crippen molar-refractivity contribution in [2.24, 2.45) is 0 Å². The second-order valence-electron chi connectivity index (χ2n) is 7.61. The Morgan fingerprint density at radius 1 is 1.10 bits per heavy atom. The number of aromatic nitrogens is 2. The van der Waals surface area contributed by atoms with Crippen LogP contribution in [0.1, 0.15) is 12.3 Å². The first-order valence-electron chi connectivity index (χ1n) is 10.3. The molecule has 1 saturated heterocycles. The molecule has 1 aromatic heterocycles. The minimum atomic E-state index is 0.574. The number of rotatable bonds is 9. The maximum Gasteiger partial charge on any atom is 0.247 e. The van der Waals surface area contributed by atoms with Crippen molar-refractivity contribution in [2.45, 2.75) is 18.2 Å². The number of hydrogen-bond donors (Lipinski definition) is 0. The maximum atomic E-state index is 5.84. The lowest BCUT2D eigenvalue weighted by Gasteiger charge is -2.21. The highest BCUT2D eigenvalue weighted by Gasteiger charge is 2.24. The van der Waals surface area contributed by atoms with E-state index in [4.69, 9.17) is 9.15 Å². The summed E-state index contributed by atoms with van der Waals surface area (Å²) in [7, 11) is 4.30. The van der Waals surface area contributed by atoms with Crippen LogP contribution in [0.15, 0.2) is 59.0 Å². The van der Waals surface area contributed by atoms with Crippen molar-refractivity contribution >= 4 is 17.4 Å². The van der Waals surface area contributed by atoms with Gasteiger partial charge in [0.2, 0.25) is 11.8 Å². The second kappa shape index (κ2) is 10.00. The summed E-state index contributed by atoms with van der Waals surface area (Å²) in [5.41, 5.74) is 2.20. The Morgan fingerprint density at radius 3 is 2.63 bits per heavy atom. The van der Waals surface area contributed by atoms with E-state index in [1.165, 1.54) is 12.1 Å². The average Bonchev–Trinajstić information content (AvgIpc) is 3.45. The summed E-state index contributed by atoms with van der Waals surface area (Å²) in [5, 5.41) is 8.40. The molecule has 0 aliphatic carbocycles. The Hall–Kier alpha value is -2.51. The van der Waals surface area contributed by atoms with Gasteiger partial charge in [0.1, 0.15) is 5.75 Å². The Kier molecular flexibility index (Phi) is 6.92. The molecule has 1 atom stereocenters. The molecule has 30 heavy (non-hydrogen) atoms. The molecule has 0 saturated carbocycles. The zero-order valence-corrected chi connectivity index (χ0v) is 18.3. The molecule has 1 aliphatic rings. The molecule has 0 N–H and O–H groups in total. The number of para-hydroxylation sites is 1. The number of nitrogens with zero attached hydrogens (tertiary/aromatic N) is 4. The predicted octanol–water partition coefficient (Wildman–Crippen LogP) is 4.19. The third-order valence-electron chi connectivity index (χ3n) is 5.31. The van der Waals surface area contributed by atoms with Crippen LogP contribution in [-0.2, 0) is 5.75 Å². The monoisotopic (exact) mass is 424 g/mol. The lowest BCUT2D eigenvalue weighted by molar-refractivity contribution is 0.315. The quantitative estimate of drug-likeness (QED) is 0.478. The molecule has 6 nitrogen and oxygen atoms in total. The first-order valence-corrected chi connectivity index (χ1v) is 11.4. The summed E-state index contributed by atoms with van der Waals surface area (Å²) in [6.45, 7) is 2.82. The van der Waals surface area contributed by atoms with E-state index in [1.54, 1.807) is 11.8 Å². The Balaban J connectivity index is 1.24. The zero-order valence-electron chi connectivity index (χ0n) is 17.5. The van der Waals surface area contributed by atoms with Crippen LogP contribution in [0.25, 0.3) is 11.5 Å². The molecular formula is C23H28N4O2S. The van der Waals surface area contributed by atoms with Crippen LogP contribution in [0.4, 0.5) is 5.69 Å². The normalized spacial score (nSPS) is 16.4. The minimum absolute atomic E-state index is 0.574. The average molecular weight is 425 g/mol. The Morgan fingerprint density at radius 2 is 1.90 bits per heavy atom. The van der Waals surface area contributed by atoms with Crippen LogP contribution in [0.2, 0.25) is 0 Å². The molecule has 0 radical (unpaired) electrons. The molecule has 2 heterocycles. The summed E-state index contributed by atoms with van der Waals surface area (Å²) in [6.07, 6.45) is 1.20. The van der Waals surface area contributed by atoms with E-state index >= 15 is 0 Å². The van der Waals surface area contributed by atoms with E-state index in [0.717, 1.165) is 30.2 Å². The smallest absolute Gasteiger partial charge is 0.247 e. The number of anilines is 1. The van der Waals surface area contributed by atoms with Gasteiger partial charge in [0.05, 0.1) is 12.4 Å². The highest BCUT2D eigenvalue weighted by atomic mass is 32.2. The van der Waals surface area contributed by atoms with Crippen molar-refractivity contribution in [1.82, 2.24) is 15.1 Å². The van der Waals surface area contributed by atoms with Gasteiger partial charge < -0.3 is 19.0 Å². The SMILES string of the molecule is CN(C)C1CCN(c2ccc(-c3nnc(CSCCOc4ccccc4)o3)cc2)C1. The molecule has 7 heteroatoms. The van der Waals surface area contributed by atoms with E-state index in [-0.39, 0.29) is 0 Å². The molecule has 1 unspecified atom stereocenters. The molecule has 0 bridgehead atoms. The molecule has 158 valence electrons. The van der Waals surface area contributed by atoms with Crippen LogP contribution in [0, 0.1) is 0 Å². The van der Waals surface area contributed by atoms with Crippen molar-refractivity contribution in [2.75, 3.05) is 44.4 Å². The van der Waals surface area contributed by atoms with Gasteiger partial charge in [-0.1, -0.05) is 18.2 Å². The van der Waals surface area contributed by atoms with Gasteiger partial charge in [-0.2, -0.15) is 0 Å². The van der Waals surface area contributed by atoms with Crippen LogP contribution < -0.4 is 9.64 Å². The van der Waals surface area contributed by atoms with Crippen molar-refractivity contribution in [3.63, 3.8) is 0 Å². The molecule has 1 fully saturated rings. The standard InChI is InChI=1S/C23H28N4O2S/c1-26(2)20-12-13-27(16-20)19-10-8-18(9-11-19)23-25-24-22(29-23)17-30-15-14-28-21-6-4-3-5-7-21/h3-11,20H,12-17H2,1-2H3. The first-order chi connectivity index (χ1) is 14.7. The van der Waals surface area contributed by atoms with Gasteiger partial charge in [0, 0.05) is 36.1 Å². The summed E-state index contributed by atoms with van der Waals surface area (Å²) in [6, 6.07) is 18.9. The number of ether oxygens (including phenoxy) is 1. The summed E-state index contributed by atoms with van der Waals surface area (Å²) < 4.78 is 11.5. The lowest BCUT2D eigenvalue weighted by Crippen LogP contribution is -2.31. The fourth-order valence-electron chi connectivity index (χ4n) is 3.54. The van der Waals surface area contributed by atoms with Crippen LogP contribution in [0.5, 0.6) is 5.75 Å². The van der Waals surface area contributed by atoms with E-state index in [2.05, 4.69) is 58.4 Å². The van der Waals surface area contributed by atoms with Crippen LogP contribution in [0.3, 0.4) is 0 Å². The lowest BCUT2D eigenvalue weighted by atomic mass is 10.2. The van der Waals surface area contributed by atoms with Gasteiger partial charge in [-0.05, 0) is 56.9 Å². The molecule has 3 aromatic rings. The maximum absolute atomic E-state index is 5.84. The zero-order chi connectivity index (χ0) is 20.8. The highest BCUT2D eigenvalue weighted by Crippen LogP contribution is 2.26. The van der Waals surface area contributed by atoms with E-state index in [1.807, 2.05) is 30.3 Å². The van der Waals surface area contributed by atoms with Crippen molar-refractivity contribution in [1.29, 1.82) is 0 Å². The molecule has 4 rings (SSSR count). The van der Waals surface area contributed by atoms with Crippen molar-refractivity contribution < 1.29 is 9.15 Å². The molecule has 1 aliphatic heterocycles. The summed E-state index contributed by atoms with van der Waals surface area (Å²) >= 11 is 1.72. The van der Waals surface area contributed by atoms with Crippen LogP contribution in [-0.4, -0.2) is 60.7 Å². The number of likely N-dealkylation sites (N-methyl/N-ethyl adjacent to an activating group) is 1. The predicted molar refractivity (Wildman–Crippen MR) is 122 cm³/mol. The largest absolute Gasteiger partial charge is 0.493 e. The number of thioether (sulfide) groups is 1. The third-order valence-corrected chi connectivity index (χ3v) is 6.21. The minimum Gasteiger partial charge on any atom is -0.493 e. The summed E-state index contributed by atoms with van der Waals surface area (Å²) in [5.74, 6) is 3.67.